The summed E-state index contributed by atoms with van der Waals surface area (Å²) in [5.41, 5.74) is 2.05. The number of aryl methyl sites for hydroxylation is 1. The van der Waals surface area contributed by atoms with Gasteiger partial charge in [-0.2, -0.15) is 0 Å². The number of aromatic nitrogens is 1. The monoisotopic (exact) mass is 332 g/mol. The third-order valence-electron chi connectivity index (χ3n) is 4.70. The molecule has 0 radical (unpaired) electrons. The van der Waals surface area contributed by atoms with Gasteiger partial charge in [0.1, 0.15) is 0 Å². The molecular formula is C17H20N2O3S. The second kappa shape index (κ2) is 5.60. The van der Waals surface area contributed by atoms with E-state index in [2.05, 4.69) is 4.98 Å². The zero-order chi connectivity index (χ0) is 16.8. The van der Waals surface area contributed by atoms with E-state index in [9.17, 15) is 13.2 Å². The number of para-hydroxylation sites is 1. The van der Waals surface area contributed by atoms with E-state index in [1.54, 1.807) is 24.8 Å². The van der Waals surface area contributed by atoms with Crippen LogP contribution in [0.5, 0.6) is 0 Å². The van der Waals surface area contributed by atoms with Gasteiger partial charge in [-0.05, 0) is 32.9 Å². The van der Waals surface area contributed by atoms with Gasteiger partial charge in [-0.3, -0.25) is 9.78 Å². The van der Waals surface area contributed by atoms with Gasteiger partial charge in [0, 0.05) is 23.7 Å². The van der Waals surface area contributed by atoms with Crippen molar-refractivity contribution in [2.75, 3.05) is 12.3 Å². The van der Waals surface area contributed by atoms with E-state index in [1.807, 2.05) is 31.2 Å². The van der Waals surface area contributed by atoms with Gasteiger partial charge in [-0.25, -0.2) is 8.42 Å². The fourth-order valence-electron chi connectivity index (χ4n) is 3.03. The molecule has 2 heterocycles. The molecule has 0 bridgehead atoms. The minimum absolute atomic E-state index is 0.0153. The van der Waals surface area contributed by atoms with E-state index in [4.69, 9.17) is 0 Å². The number of pyridine rings is 1. The third-order valence-corrected chi connectivity index (χ3v) is 6.98. The van der Waals surface area contributed by atoms with Crippen LogP contribution in [-0.4, -0.2) is 47.8 Å². The fourth-order valence-corrected chi connectivity index (χ4v) is 4.60. The molecule has 0 aliphatic carbocycles. The smallest absolute Gasteiger partial charge is 0.256 e. The van der Waals surface area contributed by atoms with Crippen LogP contribution in [0.1, 0.15) is 29.9 Å². The van der Waals surface area contributed by atoms with Gasteiger partial charge in [0.2, 0.25) is 0 Å². The number of fused-ring (bicyclic) bond motifs is 1. The Bertz CT molecular complexity index is 877. The van der Waals surface area contributed by atoms with Crippen LogP contribution in [0.15, 0.2) is 30.3 Å². The molecule has 5 nitrogen and oxygen atoms in total. The first-order valence-electron chi connectivity index (χ1n) is 7.70. The van der Waals surface area contributed by atoms with Gasteiger partial charge in [0.05, 0.1) is 22.1 Å². The highest BCUT2D eigenvalue weighted by molar-refractivity contribution is 7.92. The van der Waals surface area contributed by atoms with E-state index in [0.29, 0.717) is 11.1 Å². The van der Waals surface area contributed by atoms with E-state index >= 15 is 0 Å². The lowest BCUT2D eigenvalue weighted by atomic mass is 10.1. The van der Waals surface area contributed by atoms with Gasteiger partial charge in [0.25, 0.3) is 5.91 Å². The molecule has 2 atom stereocenters. The van der Waals surface area contributed by atoms with Crippen LogP contribution in [0.2, 0.25) is 0 Å². The maximum Gasteiger partial charge on any atom is 0.256 e. The van der Waals surface area contributed by atoms with Crippen molar-refractivity contribution in [2.45, 2.75) is 32.1 Å². The Kier molecular flexibility index (Phi) is 3.88. The predicted molar refractivity (Wildman–Crippen MR) is 90.2 cm³/mol. The zero-order valence-corrected chi connectivity index (χ0v) is 14.3. The summed E-state index contributed by atoms with van der Waals surface area (Å²) in [5, 5.41) is 0.358. The SMILES string of the molecule is Cc1ccc2cccc(C(=O)N3CCS(=O)(=O)[C@@H](C)[C@H]3C)c2n1. The number of sulfone groups is 1. The summed E-state index contributed by atoms with van der Waals surface area (Å²) in [7, 11) is -3.12. The highest BCUT2D eigenvalue weighted by Crippen LogP contribution is 2.24. The van der Waals surface area contributed by atoms with Gasteiger partial charge >= 0.3 is 0 Å². The summed E-state index contributed by atoms with van der Waals surface area (Å²) in [5.74, 6) is -0.135. The normalized spacial score (nSPS) is 23.9. The summed E-state index contributed by atoms with van der Waals surface area (Å²) in [6, 6.07) is 9.03. The quantitative estimate of drug-likeness (QED) is 0.803. The Labute approximate surface area is 136 Å². The summed E-state index contributed by atoms with van der Waals surface area (Å²) in [6.07, 6.45) is 0. The molecule has 1 aromatic heterocycles. The molecule has 122 valence electrons. The van der Waals surface area contributed by atoms with Crippen molar-refractivity contribution in [2.24, 2.45) is 0 Å². The number of nitrogens with zero attached hydrogens (tertiary/aromatic N) is 2. The molecule has 1 amide bonds. The summed E-state index contributed by atoms with van der Waals surface area (Å²) in [6.45, 7) is 5.59. The minimum atomic E-state index is -3.12. The Morgan fingerprint density at radius 2 is 1.96 bits per heavy atom. The lowest BCUT2D eigenvalue weighted by Gasteiger charge is -2.37. The van der Waals surface area contributed by atoms with Crippen molar-refractivity contribution < 1.29 is 13.2 Å². The third kappa shape index (κ3) is 2.72. The number of hydrogen-bond acceptors (Lipinski definition) is 4. The lowest BCUT2D eigenvalue weighted by molar-refractivity contribution is 0.0695. The Morgan fingerprint density at radius 3 is 2.70 bits per heavy atom. The van der Waals surface area contributed by atoms with Crippen LogP contribution >= 0.6 is 0 Å². The standard InChI is InChI=1S/C17H20N2O3S/c1-11-7-8-14-5-4-6-15(16(14)18-11)17(20)19-9-10-23(21,22)13(3)12(19)2/h4-8,12-13H,9-10H2,1-3H3/t12-,13+/m1/s1. The van der Waals surface area contributed by atoms with E-state index in [-0.39, 0.29) is 24.2 Å². The van der Waals surface area contributed by atoms with Crippen LogP contribution in [0.3, 0.4) is 0 Å². The predicted octanol–water partition coefficient (Wildman–Crippen LogP) is 2.19. The lowest BCUT2D eigenvalue weighted by Crippen LogP contribution is -2.54. The number of rotatable bonds is 1. The molecule has 0 N–H and O–H groups in total. The minimum Gasteiger partial charge on any atom is -0.334 e. The first-order valence-corrected chi connectivity index (χ1v) is 9.42. The van der Waals surface area contributed by atoms with Crippen molar-refractivity contribution >= 4 is 26.6 Å². The maximum absolute atomic E-state index is 13.0. The molecular weight excluding hydrogens is 312 g/mol. The second-order valence-corrected chi connectivity index (χ2v) is 8.62. The van der Waals surface area contributed by atoms with Crippen molar-refractivity contribution in [3.8, 4) is 0 Å². The number of carbonyl (C=O) groups excluding carboxylic acids is 1. The first-order chi connectivity index (χ1) is 10.8. The molecule has 3 rings (SSSR count). The second-order valence-electron chi connectivity index (χ2n) is 6.14. The Morgan fingerprint density at radius 1 is 1.22 bits per heavy atom. The molecule has 2 aromatic rings. The molecule has 0 saturated carbocycles. The van der Waals surface area contributed by atoms with Crippen molar-refractivity contribution in [3.63, 3.8) is 0 Å². The van der Waals surface area contributed by atoms with Crippen LogP contribution in [0, 0.1) is 6.92 Å². The van der Waals surface area contributed by atoms with Crippen LogP contribution in [0.4, 0.5) is 0 Å². The van der Waals surface area contributed by atoms with Crippen molar-refractivity contribution in [3.05, 3.63) is 41.6 Å². The van der Waals surface area contributed by atoms with E-state index in [0.717, 1.165) is 11.1 Å². The van der Waals surface area contributed by atoms with E-state index in [1.165, 1.54) is 0 Å². The molecule has 1 aliphatic heterocycles. The largest absolute Gasteiger partial charge is 0.334 e. The molecule has 1 saturated heterocycles. The molecule has 0 unspecified atom stereocenters. The van der Waals surface area contributed by atoms with Gasteiger partial charge < -0.3 is 4.90 Å². The van der Waals surface area contributed by atoms with Gasteiger partial charge in [-0.15, -0.1) is 0 Å². The topological polar surface area (TPSA) is 67.3 Å². The van der Waals surface area contributed by atoms with Crippen LogP contribution in [0.25, 0.3) is 10.9 Å². The number of hydrogen-bond donors (Lipinski definition) is 0. The molecule has 6 heteroatoms. The van der Waals surface area contributed by atoms with Crippen LogP contribution in [-0.2, 0) is 9.84 Å². The highest BCUT2D eigenvalue weighted by Gasteiger charge is 2.38. The molecule has 23 heavy (non-hydrogen) atoms. The number of benzene rings is 1. The Hall–Kier alpha value is -1.95. The average Bonchev–Trinajstić information content (AvgIpc) is 2.51. The summed E-state index contributed by atoms with van der Waals surface area (Å²) < 4.78 is 24.0. The first kappa shape index (κ1) is 15.9. The van der Waals surface area contributed by atoms with Gasteiger partial charge in [-0.1, -0.05) is 18.2 Å². The Balaban J connectivity index is 2.03. The van der Waals surface area contributed by atoms with Crippen molar-refractivity contribution in [1.82, 2.24) is 9.88 Å². The maximum atomic E-state index is 13.0. The summed E-state index contributed by atoms with van der Waals surface area (Å²) >= 11 is 0. The molecule has 1 aromatic carbocycles. The van der Waals surface area contributed by atoms with Crippen LogP contribution < -0.4 is 0 Å². The molecule has 1 fully saturated rings. The van der Waals surface area contributed by atoms with Gasteiger partial charge in [0.15, 0.2) is 9.84 Å². The number of amides is 1. The average molecular weight is 332 g/mol. The number of carbonyl (C=O) groups is 1. The fraction of sp³-hybridized carbons (Fsp3) is 0.412. The summed E-state index contributed by atoms with van der Waals surface area (Å²) in [4.78, 5) is 19.1. The highest BCUT2D eigenvalue weighted by atomic mass is 32.2. The zero-order valence-electron chi connectivity index (χ0n) is 13.5. The molecule has 1 aliphatic rings. The van der Waals surface area contributed by atoms with Crippen molar-refractivity contribution in [1.29, 1.82) is 0 Å². The molecule has 0 spiro atoms. The van der Waals surface area contributed by atoms with E-state index < -0.39 is 15.1 Å².